The van der Waals surface area contributed by atoms with Crippen LogP contribution in [0.15, 0.2) is 65.6 Å². The first-order chi connectivity index (χ1) is 9.60. The molecule has 2 aromatic rings. The van der Waals surface area contributed by atoms with Gasteiger partial charge in [-0.1, -0.05) is 48.5 Å². The Kier molecular flexibility index (Phi) is 3.18. The molecule has 0 radical (unpaired) electrons. The lowest BCUT2D eigenvalue weighted by atomic mass is 10.1. The van der Waals surface area contributed by atoms with Crippen molar-refractivity contribution in [1.82, 2.24) is 0 Å². The van der Waals surface area contributed by atoms with Crippen molar-refractivity contribution >= 4 is 15.6 Å². The van der Waals surface area contributed by atoms with Gasteiger partial charge in [-0.15, -0.1) is 0 Å². The highest BCUT2D eigenvalue weighted by Gasteiger charge is 2.51. The summed E-state index contributed by atoms with van der Waals surface area (Å²) in [5.74, 6) is -0.474. The first kappa shape index (κ1) is 13.1. The maximum atomic E-state index is 12.4. The second-order valence-electron chi connectivity index (χ2n) is 4.97. The zero-order valence-electron chi connectivity index (χ0n) is 10.8. The van der Waals surface area contributed by atoms with Crippen LogP contribution in [0.25, 0.3) is 0 Å². The average Bonchev–Trinajstić information content (AvgIpc) is 3.29. The van der Waals surface area contributed by atoms with Crippen LogP contribution < -0.4 is 0 Å². The number of carbonyl (C=O) groups excluding carboxylic acids is 1. The van der Waals surface area contributed by atoms with E-state index in [0.29, 0.717) is 16.9 Å². The summed E-state index contributed by atoms with van der Waals surface area (Å²) in [5, 5.41) is -0.572. The van der Waals surface area contributed by atoms with Gasteiger partial charge in [-0.3, -0.25) is 4.79 Å². The Morgan fingerprint density at radius 3 is 2.05 bits per heavy atom. The van der Waals surface area contributed by atoms with Gasteiger partial charge in [-0.25, -0.2) is 8.42 Å². The number of benzene rings is 2. The predicted octanol–water partition coefficient (Wildman–Crippen LogP) is 2.73. The van der Waals surface area contributed by atoms with Gasteiger partial charge in [0.1, 0.15) is 0 Å². The molecule has 0 unspecified atom stereocenters. The van der Waals surface area contributed by atoms with E-state index in [0.717, 1.165) is 0 Å². The molecule has 0 saturated heterocycles. The van der Waals surface area contributed by atoms with Gasteiger partial charge >= 0.3 is 0 Å². The molecule has 0 N–H and O–H groups in total. The summed E-state index contributed by atoms with van der Waals surface area (Å²) < 4.78 is 24.8. The maximum Gasteiger partial charge on any atom is 0.181 e. The molecule has 102 valence electrons. The zero-order chi connectivity index (χ0) is 14.2. The van der Waals surface area contributed by atoms with Gasteiger partial charge < -0.3 is 0 Å². The highest BCUT2D eigenvalue weighted by molar-refractivity contribution is 7.92. The van der Waals surface area contributed by atoms with E-state index in [-0.39, 0.29) is 5.78 Å². The minimum Gasteiger partial charge on any atom is -0.294 e. The molecule has 0 aliphatic heterocycles. The lowest BCUT2D eigenvalue weighted by Crippen LogP contribution is -2.13. The lowest BCUT2D eigenvalue weighted by Gasteiger charge is -2.03. The van der Waals surface area contributed by atoms with Crippen molar-refractivity contribution < 1.29 is 13.2 Å². The summed E-state index contributed by atoms with van der Waals surface area (Å²) in [4.78, 5) is 12.5. The van der Waals surface area contributed by atoms with Gasteiger partial charge in [-0.05, 0) is 18.6 Å². The number of rotatable bonds is 4. The highest BCUT2D eigenvalue weighted by Crippen LogP contribution is 2.42. The van der Waals surface area contributed by atoms with Crippen LogP contribution in [0.4, 0.5) is 0 Å². The van der Waals surface area contributed by atoms with Crippen molar-refractivity contribution in [3.05, 3.63) is 66.2 Å². The molecule has 1 fully saturated rings. The van der Waals surface area contributed by atoms with Gasteiger partial charge in [0.25, 0.3) is 0 Å². The van der Waals surface area contributed by atoms with E-state index in [1.54, 1.807) is 54.6 Å². The van der Waals surface area contributed by atoms with Gasteiger partial charge in [-0.2, -0.15) is 0 Å². The Hall–Kier alpha value is -1.94. The molecule has 2 aromatic carbocycles. The molecule has 0 bridgehead atoms. The molecule has 3 rings (SSSR count). The Morgan fingerprint density at radius 1 is 0.900 bits per heavy atom. The minimum absolute atomic E-state index is 0.0740. The molecule has 1 aliphatic carbocycles. The number of hydrogen-bond acceptors (Lipinski definition) is 3. The number of carbonyl (C=O) groups is 1. The molecule has 3 nitrogen and oxygen atoms in total. The fraction of sp³-hybridized carbons (Fsp3) is 0.188. The maximum absolute atomic E-state index is 12.4. The third kappa shape index (κ3) is 2.27. The van der Waals surface area contributed by atoms with Crippen molar-refractivity contribution in [3.8, 4) is 0 Å². The van der Waals surface area contributed by atoms with Crippen LogP contribution in [-0.4, -0.2) is 19.5 Å². The molecule has 20 heavy (non-hydrogen) atoms. The summed E-state index contributed by atoms with van der Waals surface area (Å²) in [6.45, 7) is 0. The van der Waals surface area contributed by atoms with Crippen molar-refractivity contribution in [2.24, 2.45) is 5.92 Å². The SMILES string of the molecule is O=C(c1ccccc1)[C@H]1C[C@@H]1S(=O)(=O)c1ccccc1. The Morgan fingerprint density at radius 2 is 1.45 bits per heavy atom. The smallest absolute Gasteiger partial charge is 0.181 e. The van der Waals surface area contributed by atoms with Crippen LogP contribution in [0, 0.1) is 5.92 Å². The van der Waals surface area contributed by atoms with Crippen LogP contribution in [-0.2, 0) is 9.84 Å². The standard InChI is InChI=1S/C16H14O3S/c17-16(12-7-3-1-4-8-12)14-11-15(14)20(18,19)13-9-5-2-6-10-13/h1-10,14-15H,11H2/t14-,15-/m0/s1. The molecular weight excluding hydrogens is 272 g/mol. The van der Waals surface area contributed by atoms with E-state index in [4.69, 9.17) is 0 Å². The molecule has 4 heteroatoms. The molecule has 0 aromatic heterocycles. The van der Waals surface area contributed by atoms with Crippen LogP contribution in [0.5, 0.6) is 0 Å². The van der Waals surface area contributed by atoms with Crippen molar-refractivity contribution in [2.75, 3.05) is 0 Å². The second kappa shape index (κ2) is 4.87. The van der Waals surface area contributed by atoms with Crippen molar-refractivity contribution in [3.63, 3.8) is 0 Å². The normalized spacial score (nSPS) is 21.4. The zero-order valence-corrected chi connectivity index (χ0v) is 11.6. The number of Topliss-reactive ketones (excluding diaryl/α,β-unsaturated/α-hetero) is 1. The molecule has 1 aliphatic rings. The summed E-state index contributed by atoms with van der Waals surface area (Å²) in [7, 11) is -3.39. The van der Waals surface area contributed by atoms with E-state index in [9.17, 15) is 13.2 Å². The van der Waals surface area contributed by atoms with Crippen LogP contribution in [0.3, 0.4) is 0 Å². The number of hydrogen-bond donors (Lipinski definition) is 0. The van der Waals surface area contributed by atoms with Gasteiger partial charge in [0.05, 0.1) is 10.1 Å². The summed E-state index contributed by atoms with van der Waals surface area (Å²) in [6, 6.07) is 17.2. The van der Waals surface area contributed by atoms with E-state index in [2.05, 4.69) is 0 Å². The predicted molar refractivity (Wildman–Crippen MR) is 76.3 cm³/mol. The second-order valence-corrected chi connectivity index (χ2v) is 7.14. The van der Waals surface area contributed by atoms with Crippen molar-refractivity contribution in [2.45, 2.75) is 16.6 Å². The summed E-state index contributed by atoms with van der Waals surface area (Å²) in [5.41, 5.74) is 0.586. The van der Waals surface area contributed by atoms with E-state index >= 15 is 0 Å². The molecule has 0 amide bonds. The first-order valence-electron chi connectivity index (χ1n) is 6.49. The molecule has 1 saturated carbocycles. The van der Waals surface area contributed by atoms with Crippen LogP contribution >= 0.6 is 0 Å². The van der Waals surface area contributed by atoms with Crippen LogP contribution in [0.2, 0.25) is 0 Å². The third-order valence-corrected chi connectivity index (χ3v) is 5.84. The van der Waals surface area contributed by atoms with Gasteiger partial charge in [0.2, 0.25) is 0 Å². The van der Waals surface area contributed by atoms with E-state index < -0.39 is 21.0 Å². The minimum atomic E-state index is -3.39. The van der Waals surface area contributed by atoms with Crippen LogP contribution in [0.1, 0.15) is 16.8 Å². The summed E-state index contributed by atoms with van der Waals surface area (Å²) >= 11 is 0. The van der Waals surface area contributed by atoms with Gasteiger partial charge in [0.15, 0.2) is 15.6 Å². The molecular formula is C16H14O3S. The Balaban J connectivity index is 1.81. The monoisotopic (exact) mass is 286 g/mol. The molecule has 2 atom stereocenters. The Labute approximate surface area is 118 Å². The average molecular weight is 286 g/mol. The third-order valence-electron chi connectivity index (χ3n) is 3.60. The lowest BCUT2D eigenvalue weighted by molar-refractivity contribution is 0.0968. The number of sulfone groups is 1. The molecule has 0 spiro atoms. The molecule has 0 heterocycles. The fourth-order valence-corrected chi connectivity index (χ4v) is 4.29. The van der Waals surface area contributed by atoms with Gasteiger partial charge in [0, 0.05) is 11.5 Å². The van der Waals surface area contributed by atoms with E-state index in [1.165, 1.54) is 0 Å². The van der Waals surface area contributed by atoms with E-state index in [1.807, 2.05) is 6.07 Å². The first-order valence-corrected chi connectivity index (χ1v) is 8.03. The quantitative estimate of drug-likeness (QED) is 0.812. The highest BCUT2D eigenvalue weighted by atomic mass is 32.2. The Bertz CT molecular complexity index is 721. The topological polar surface area (TPSA) is 51.2 Å². The largest absolute Gasteiger partial charge is 0.294 e. The van der Waals surface area contributed by atoms with Crippen molar-refractivity contribution in [1.29, 1.82) is 0 Å². The fourth-order valence-electron chi connectivity index (χ4n) is 2.39. The summed E-state index contributed by atoms with van der Waals surface area (Å²) in [6.07, 6.45) is 0.422. The number of ketones is 1.